The van der Waals surface area contributed by atoms with Gasteiger partial charge in [-0.2, -0.15) is 0 Å². The molecule has 0 spiro atoms. The predicted molar refractivity (Wildman–Crippen MR) is 105 cm³/mol. The molecular weight excluding hydrogens is 408 g/mol. The number of nitrogens with zero attached hydrogens (tertiary/aromatic N) is 2. The first-order valence-electron chi connectivity index (χ1n) is 8.06. The largest absolute Gasteiger partial charge is 0.384 e. The van der Waals surface area contributed by atoms with Crippen LogP contribution in [0.3, 0.4) is 0 Å². The highest BCUT2D eigenvalue weighted by Crippen LogP contribution is 2.29. The summed E-state index contributed by atoms with van der Waals surface area (Å²) >= 11 is 0. The molecule has 0 aliphatic heterocycles. The third kappa shape index (κ3) is 4.58. The summed E-state index contributed by atoms with van der Waals surface area (Å²) in [6.45, 7) is 2.28. The number of nitrogens with one attached hydrogen (secondary N) is 2. The first-order valence-corrected chi connectivity index (χ1v) is 11.0. The monoisotopic (exact) mass is 428 g/mol. The van der Waals surface area contributed by atoms with Crippen LogP contribution in [0, 0.1) is 10.1 Å². The zero-order valence-electron chi connectivity index (χ0n) is 15.4. The number of rotatable bonds is 8. The van der Waals surface area contributed by atoms with Gasteiger partial charge in [0.15, 0.2) is 0 Å². The van der Waals surface area contributed by atoms with Gasteiger partial charge in [-0.15, -0.1) is 0 Å². The summed E-state index contributed by atoms with van der Waals surface area (Å²) in [5, 5.41) is 13.7. The molecule has 0 unspecified atom stereocenters. The lowest BCUT2D eigenvalue weighted by atomic mass is 10.2. The van der Waals surface area contributed by atoms with E-state index in [4.69, 9.17) is 0 Å². The minimum Gasteiger partial charge on any atom is -0.384 e. The van der Waals surface area contributed by atoms with Crippen LogP contribution in [0.5, 0.6) is 0 Å². The van der Waals surface area contributed by atoms with Crippen LogP contribution in [0.25, 0.3) is 0 Å². The van der Waals surface area contributed by atoms with Crippen LogP contribution < -0.4 is 10.0 Å². The molecule has 2 rings (SSSR count). The van der Waals surface area contributed by atoms with Crippen molar-refractivity contribution in [3.63, 3.8) is 0 Å². The molecule has 2 N–H and O–H groups in total. The number of nitro groups is 1. The maximum Gasteiger partial charge on any atom is 0.269 e. The summed E-state index contributed by atoms with van der Waals surface area (Å²) in [5.74, 6) is 0. The third-order valence-electron chi connectivity index (χ3n) is 3.74. The number of anilines is 2. The average Bonchev–Trinajstić information content (AvgIpc) is 2.63. The normalized spacial score (nSPS) is 12.0. The van der Waals surface area contributed by atoms with E-state index in [1.54, 1.807) is 6.92 Å². The summed E-state index contributed by atoms with van der Waals surface area (Å²) in [7, 11) is -5.13. The number of non-ortho nitro benzene ring substituents is 1. The Hall–Kier alpha value is -2.70. The van der Waals surface area contributed by atoms with E-state index >= 15 is 0 Å². The summed E-state index contributed by atoms with van der Waals surface area (Å²) in [4.78, 5) is 9.82. The van der Waals surface area contributed by atoms with Crippen molar-refractivity contribution in [2.45, 2.75) is 16.7 Å². The zero-order valence-corrected chi connectivity index (χ0v) is 17.0. The molecule has 0 aliphatic rings. The quantitative estimate of drug-likeness (QED) is 0.485. The number of hydrogen-bond donors (Lipinski definition) is 2. The SMILES string of the molecule is CCNc1ccc(S(=O)(=O)N(C)C)cc1NS(=O)(=O)c1ccc([N+](=O)[O-])cc1. The van der Waals surface area contributed by atoms with Crippen LogP contribution >= 0.6 is 0 Å². The molecule has 10 nitrogen and oxygen atoms in total. The molecule has 12 heteroatoms. The van der Waals surface area contributed by atoms with Crippen molar-refractivity contribution in [2.24, 2.45) is 0 Å². The molecule has 2 aromatic carbocycles. The Labute approximate surface area is 163 Å². The number of benzene rings is 2. The maximum absolute atomic E-state index is 12.7. The smallest absolute Gasteiger partial charge is 0.269 e. The fourth-order valence-electron chi connectivity index (χ4n) is 2.27. The summed E-state index contributed by atoms with van der Waals surface area (Å²) in [6, 6.07) is 8.42. The Bertz CT molecular complexity index is 1080. The highest BCUT2D eigenvalue weighted by Gasteiger charge is 2.22. The molecule has 152 valence electrons. The van der Waals surface area contributed by atoms with E-state index in [9.17, 15) is 26.9 Å². The Kier molecular flexibility index (Phi) is 6.27. The van der Waals surface area contributed by atoms with E-state index in [-0.39, 0.29) is 21.2 Å². The second-order valence-electron chi connectivity index (χ2n) is 5.88. The van der Waals surface area contributed by atoms with Crippen molar-refractivity contribution in [2.75, 3.05) is 30.7 Å². The highest BCUT2D eigenvalue weighted by molar-refractivity contribution is 7.92. The molecule has 0 aliphatic carbocycles. The molecule has 0 saturated carbocycles. The van der Waals surface area contributed by atoms with Crippen molar-refractivity contribution in [1.82, 2.24) is 4.31 Å². The third-order valence-corrected chi connectivity index (χ3v) is 6.93. The number of sulfonamides is 2. The molecule has 0 radical (unpaired) electrons. The van der Waals surface area contributed by atoms with Gasteiger partial charge in [0, 0.05) is 32.8 Å². The van der Waals surface area contributed by atoms with Crippen molar-refractivity contribution < 1.29 is 21.8 Å². The molecule has 0 fully saturated rings. The van der Waals surface area contributed by atoms with E-state index in [0.29, 0.717) is 12.2 Å². The molecular formula is C16H20N4O6S2. The van der Waals surface area contributed by atoms with Crippen molar-refractivity contribution in [3.8, 4) is 0 Å². The minimum absolute atomic E-state index is 0.0446. The van der Waals surface area contributed by atoms with Gasteiger partial charge in [-0.25, -0.2) is 21.1 Å². The minimum atomic E-state index is -4.10. The van der Waals surface area contributed by atoms with Crippen LogP contribution in [0.1, 0.15) is 6.92 Å². The van der Waals surface area contributed by atoms with Gasteiger partial charge in [0.25, 0.3) is 15.7 Å². The van der Waals surface area contributed by atoms with Gasteiger partial charge in [-0.3, -0.25) is 14.8 Å². The average molecular weight is 428 g/mol. The second-order valence-corrected chi connectivity index (χ2v) is 9.72. The topological polar surface area (TPSA) is 139 Å². The molecule has 0 amide bonds. The van der Waals surface area contributed by atoms with Gasteiger partial charge in [0.1, 0.15) is 0 Å². The highest BCUT2D eigenvalue weighted by atomic mass is 32.2. The predicted octanol–water partition coefficient (Wildman–Crippen LogP) is 2.08. The first-order chi connectivity index (χ1) is 13.0. The van der Waals surface area contributed by atoms with Crippen LogP contribution in [-0.4, -0.2) is 46.7 Å². The molecule has 28 heavy (non-hydrogen) atoms. The Balaban J connectivity index is 2.48. The van der Waals surface area contributed by atoms with Gasteiger partial charge in [0.05, 0.1) is 26.1 Å². The van der Waals surface area contributed by atoms with Gasteiger partial charge in [-0.1, -0.05) is 0 Å². The van der Waals surface area contributed by atoms with Gasteiger partial charge < -0.3 is 5.32 Å². The standard InChI is InChI=1S/C16H20N4O6S2/c1-4-17-15-10-9-14(28(25,26)19(2)3)11-16(15)18-27(23,24)13-7-5-12(6-8-13)20(21)22/h5-11,17-18H,4H2,1-3H3. The second kappa shape index (κ2) is 8.12. The Morgan fingerprint density at radius 1 is 0.964 bits per heavy atom. The number of nitro benzene ring substituents is 1. The van der Waals surface area contributed by atoms with Crippen LogP contribution in [-0.2, 0) is 20.0 Å². The van der Waals surface area contributed by atoms with Crippen LogP contribution in [0.15, 0.2) is 52.3 Å². The van der Waals surface area contributed by atoms with E-state index in [1.165, 1.54) is 32.3 Å². The van der Waals surface area contributed by atoms with Gasteiger partial charge in [-0.05, 0) is 37.3 Å². The van der Waals surface area contributed by atoms with E-state index < -0.39 is 25.0 Å². The van der Waals surface area contributed by atoms with Crippen LogP contribution in [0.4, 0.5) is 17.1 Å². The molecule has 0 atom stereocenters. The number of hydrogen-bond acceptors (Lipinski definition) is 7. The lowest BCUT2D eigenvalue weighted by molar-refractivity contribution is -0.384. The molecule has 0 heterocycles. The summed E-state index contributed by atoms with van der Waals surface area (Å²) in [6.07, 6.45) is 0. The Morgan fingerprint density at radius 2 is 1.54 bits per heavy atom. The van der Waals surface area contributed by atoms with Crippen LogP contribution in [0.2, 0.25) is 0 Å². The van der Waals surface area contributed by atoms with Gasteiger partial charge >= 0.3 is 0 Å². The Morgan fingerprint density at radius 3 is 2.04 bits per heavy atom. The zero-order chi connectivity index (χ0) is 21.1. The molecule has 0 saturated heterocycles. The molecule has 0 bridgehead atoms. The van der Waals surface area contributed by atoms with Crippen molar-refractivity contribution in [1.29, 1.82) is 0 Å². The summed E-state index contributed by atoms with van der Waals surface area (Å²) < 4.78 is 53.4. The molecule has 0 aromatic heterocycles. The summed E-state index contributed by atoms with van der Waals surface area (Å²) in [5.41, 5.74) is 0.195. The van der Waals surface area contributed by atoms with Crippen molar-refractivity contribution >= 4 is 37.1 Å². The maximum atomic E-state index is 12.7. The van der Waals surface area contributed by atoms with E-state index in [2.05, 4.69) is 10.0 Å². The first kappa shape index (κ1) is 21.6. The molecule has 2 aromatic rings. The lowest BCUT2D eigenvalue weighted by Crippen LogP contribution is -2.22. The van der Waals surface area contributed by atoms with E-state index in [0.717, 1.165) is 28.6 Å². The van der Waals surface area contributed by atoms with Gasteiger partial charge in [0.2, 0.25) is 10.0 Å². The lowest BCUT2D eigenvalue weighted by Gasteiger charge is -2.17. The van der Waals surface area contributed by atoms with Crippen molar-refractivity contribution in [3.05, 3.63) is 52.6 Å². The van der Waals surface area contributed by atoms with E-state index in [1.807, 2.05) is 0 Å². The fraction of sp³-hybridized carbons (Fsp3) is 0.250. The fourth-order valence-corrected chi connectivity index (χ4v) is 4.27.